The minimum absolute atomic E-state index is 0.00150. The maximum Gasteiger partial charge on any atom is 0.337 e. The van der Waals surface area contributed by atoms with Gasteiger partial charge in [-0.1, -0.05) is 37.7 Å². The molecule has 9 heteroatoms. The van der Waals surface area contributed by atoms with Crippen molar-refractivity contribution in [2.45, 2.75) is 50.5 Å². The SMILES string of the molecule is CCc1ccc(-n2c(=O)c3sc(SC)nc3n(CC(=O)N[C@H](C)CC)c2=O)cc1. The fourth-order valence-corrected chi connectivity index (χ4v) is 4.41. The number of thioether (sulfide) groups is 1. The Kier molecular flexibility index (Phi) is 6.59. The van der Waals surface area contributed by atoms with E-state index in [-0.39, 0.29) is 24.1 Å². The highest BCUT2D eigenvalue weighted by molar-refractivity contribution is 8.00. The third kappa shape index (κ3) is 4.30. The van der Waals surface area contributed by atoms with Gasteiger partial charge in [0.1, 0.15) is 11.2 Å². The van der Waals surface area contributed by atoms with Gasteiger partial charge in [0.15, 0.2) is 9.99 Å². The van der Waals surface area contributed by atoms with Crippen LogP contribution in [0.15, 0.2) is 38.2 Å². The molecule has 1 atom stereocenters. The summed E-state index contributed by atoms with van der Waals surface area (Å²) in [5.41, 5.74) is 0.873. The molecule has 1 amide bonds. The molecule has 7 nitrogen and oxygen atoms in total. The number of rotatable bonds is 7. The average Bonchev–Trinajstić information content (AvgIpc) is 3.16. The number of nitrogens with zero attached hydrogens (tertiary/aromatic N) is 3. The number of hydrogen-bond donors (Lipinski definition) is 1. The molecule has 0 saturated carbocycles. The van der Waals surface area contributed by atoms with E-state index in [1.807, 2.05) is 39.2 Å². The first-order chi connectivity index (χ1) is 13.9. The second-order valence-corrected chi connectivity index (χ2v) is 8.80. The van der Waals surface area contributed by atoms with Gasteiger partial charge in [-0.25, -0.2) is 14.3 Å². The average molecular weight is 433 g/mol. The monoisotopic (exact) mass is 432 g/mol. The predicted molar refractivity (Wildman–Crippen MR) is 119 cm³/mol. The topological polar surface area (TPSA) is 86.0 Å². The number of aryl methyl sites for hydroxylation is 1. The molecule has 154 valence electrons. The number of thiazole rings is 1. The molecule has 0 aliphatic rings. The van der Waals surface area contributed by atoms with Crippen LogP contribution in [0.1, 0.15) is 32.8 Å². The van der Waals surface area contributed by atoms with Gasteiger partial charge in [0.2, 0.25) is 5.91 Å². The van der Waals surface area contributed by atoms with E-state index in [1.165, 1.54) is 27.7 Å². The van der Waals surface area contributed by atoms with Crippen molar-refractivity contribution in [3.05, 3.63) is 50.7 Å². The molecule has 0 fully saturated rings. The van der Waals surface area contributed by atoms with Crippen LogP contribution in [-0.4, -0.2) is 32.3 Å². The molecular formula is C20H24N4O3S2. The van der Waals surface area contributed by atoms with E-state index in [9.17, 15) is 14.4 Å². The molecule has 0 aliphatic carbocycles. The fraction of sp³-hybridized carbons (Fsp3) is 0.400. The van der Waals surface area contributed by atoms with Crippen LogP contribution in [0.2, 0.25) is 0 Å². The van der Waals surface area contributed by atoms with Crippen molar-refractivity contribution in [1.29, 1.82) is 0 Å². The van der Waals surface area contributed by atoms with Crippen LogP contribution in [0.4, 0.5) is 0 Å². The Morgan fingerprint density at radius 1 is 1.24 bits per heavy atom. The Hall–Kier alpha value is -2.39. The van der Waals surface area contributed by atoms with Crippen LogP contribution in [0.25, 0.3) is 16.0 Å². The summed E-state index contributed by atoms with van der Waals surface area (Å²) in [6, 6.07) is 7.30. The molecule has 1 N–H and O–H groups in total. The number of hydrogen-bond acceptors (Lipinski definition) is 6. The zero-order chi connectivity index (χ0) is 21.1. The summed E-state index contributed by atoms with van der Waals surface area (Å²) in [7, 11) is 0. The van der Waals surface area contributed by atoms with Gasteiger partial charge in [-0.05, 0) is 43.7 Å². The van der Waals surface area contributed by atoms with E-state index >= 15 is 0 Å². The van der Waals surface area contributed by atoms with Gasteiger partial charge in [-0.2, -0.15) is 0 Å². The van der Waals surface area contributed by atoms with Crippen LogP contribution in [-0.2, 0) is 17.8 Å². The Labute approximate surface area is 176 Å². The standard InChI is InChI=1S/C20H24N4O3S2/c1-5-12(3)21-15(25)11-23-17-16(29-19(22-17)28-4)18(26)24(20(23)27)14-9-7-13(6-2)8-10-14/h7-10,12H,5-6,11H2,1-4H3,(H,21,25)/t12-/m1/s1. The van der Waals surface area contributed by atoms with Gasteiger partial charge in [0.25, 0.3) is 5.56 Å². The molecule has 1 aromatic carbocycles. The van der Waals surface area contributed by atoms with Gasteiger partial charge in [-0.3, -0.25) is 14.2 Å². The lowest BCUT2D eigenvalue weighted by Gasteiger charge is -2.14. The maximum atomic E-state index is 13.3. The summed E-state index contributed by atoms with van der Waals surface area (Å²) in [5, 5.41) is 2.86. The van der Waals surface area contributed by atoms with E-state index in [0.717, 1.165) is 23.0 Å². The smallest absolute Gasteiger partial charge is 0.337 e. The molecule has 2 aromatic heterocycles. The number of aromatic nitrogens is 3. The second-order valence-electron chi connectivity index (χ2n) is 6.74. The van der Waals surface area contributed by atoms with Gasteiger partial charge >= 0.3 is 5.69 Å². The number of fused-ring (bicyclic) bond motifs is 1. The largest absolute Gasteiger partial charge is 0.352 e. The highest BCUT2D eigenvalue weighted by atomic mass is 32.2. The summed E-state index contributed by atoms with van der Waals surface area (Å²) in [5.74, 6) is -0.284. The van der Waals surface area contributed by atoms with Crippen LogP contribution in [0.5, 0.6) is 0 Å². The summed E-state index contributed by atoms with van der Waals surface area (Å²) >= 11 is 2.64. The minimum Gasteiger partial charge on any atom is -0.352 e. The van der Waals surface area contributed by atoms with E-state index in [2.05, 4.69) is 10.3 Å². The number of nitrogens with one attached hydrogen (secondary N) is 1. The zero-order valence-corrected chi connectivity index (χ0v) is 18.5. The van der Waals surface area contributed by atoms with Crippen molar-refractivity contribution in [3.63, 3.8) is 0 Å². The summed E-state index contributed by atoms with van der Waals surface area (Å²) in [4.78, 5) is 43.3. The van der Waals surface area contributed by atoms with E-state index in [1.54, 1.807) is 12.1 Å². The third-order valence-electron chi connectivity index (χ3n) is 4.76. The fourth-order valence-electron chi connectivity index (χ4n) is 2.92. The van der Waals surface area contributed by atoms with Gasteiger partial charge in [0.05, 0.1) is 5.69 Å². The van der Waals surface area contributed by atoms with Crippen molar-refractivity contribution in [2.24, 2.45) is 0 Å². The summed E-state index contributed by atoms with van der Waals surface area (Å²) in [6.45, 7) is 5.73. The van der Waals surface area contributed by atoms with Gasteiger partial charge in [0, 0.05) is 6.04 Å². The van der Waals surface area contributed by atoms with Crippen molar-refractivity contribution >= 4 is 39.4 Å². The second kappa shape index (κ2) is 8.96. The normalized spacial score (nSPS) is 12.3. The van der Waals surface area contributed by atoms with Gasteiger partial charge < -0.3 is 5.32 Å². The van der Waals surface area contributed by atoms with Crippen LogP contribution < -0.4 is 16.6 Å². The quantitative estimate of drug-likeness (QED) is 0.580. The molecule has 3 rings (SSSR count). The first-order valence-electron chi connectivity index (χ1n) is 9.48. The van der Waals surface area contributed by atoms with Crippen molar-refractivity contribution in [3.8, 4) is 5.69 Å². The number of benzene rings is 1. The first kappa shape index (κ1) is 21.3. The highest BCUT2D eigenvalue weighted by Gasteiger charge is 2.20. The Bertz CT molecular complexity index is 1150. The van der Waals surface area contributed by atoms with Crippen LogP contribution >= 0.6 is 23.1 Å². The lowest BCUT2D eigenvalue weighted by Crippen LogP contribution is -2.43. The number of amides is 1. The molecule has 0 spiro atoms. The Morgan fingerprint density at radius 2 is 1.93 bits per heavy atom. The summed E-state index contributed by atoms with van der Waals surface area (Å²) in [6.07, 6.45) is 3.50. The first-order valence-corrected chi connectivity index (χ1v) is 11.5. The minimum atomic E-state index is -0.566. The van der Waals surface area contributed by atoms with E-state index in [0.29, 0.717) is 14.7 Å². The van der Waals surface area contributed by atoms with Crippen molar-refractivity contribution < 1.29 is 4.79 Å². The molecule has 2 heterocycles. The third-order valence-corrected chi connectivity index (χ3v) is 6.78. The predicted octanol–water partition coefficient (Wildman–Crippen LogP) is 2.81. The Balaban J connectivity index is 2.20. The lowest BCUT2D eigenvalue weighted by atomic mass is 10.1. The molecule has 3 aromatic rings. The molecule has 29 heavy (non-hydrogen) atoms. The number of carbonyl (C=O) groups is 1. The molecule has 0 aliphatic heterocycles. The van der Waals surface area contributed by atoms with Crippen molar-refractivity contribution in [2.75, 3.05) is 6.26 Å². The molecule has 0 saturated heterocycles. The van der Waals surface area contributed by atoms with E-state index < -0.39 is 11.2 Å². The molecule has 0 bridgehead atoms. The lowest BCUT2D eigenvalue weighted by molar-refractivity contribution is -0.122. The van der Waals surface area contributed by atoms with Crippen molar-refractivity contribution in [1.82, 2.24) is 19.4 Å². The van der Waals surface area contributed by atoms with E-state index in [4.69, 9.17) is 0 Å². The zero-order valence-electron chi connectivity index (χ0n) is 16.9. The Morgan fingerprint density at radius 3 is 2.52 bits per heavy atom. The van der Waals surface area contributed by atoms with Crippen LogP contribution in [0, 0.1) is 0 Å². The maximum absolute atomic E-state index is 13.3. The molecule has 0 unspecified atom stereocenters. The molecular weight excluding hydrogens is 408 g/mol. The van der Waals surface area contributed by atoms with Crippen LogP contribution in [0.3, 0.4) is 0 Å². The van der Waals surface area contributed by atoms with Gasteiger partial charge in [-0.15, -0.1) is 11.3 Å². The summed E-state index contributed by atoms with van der Waals surface area (Å²) < 4.78 is 3.45. The molecule has 0 radical (unpaired) electrons. The number of carbonyl (C=O) groups excluding carboxylic acids is 1. The highest BCUT2D eigenvalue weighted by Crippen LogP contribution is 2.25.